The largest absolute Gasteiger partial charge is 0.0882 e. The van der Waals surface area contributed by atoms with Crippen molar-refractivity contribution in [2.24, 2.45) is 0 Å². The van der Waals surface area contributed by atoms with E-state index in [-0.39, 0.29) is 18.2 Å². The van der Waals surface area contributed by atoms with Crippen LogP contribution in [-0.4, -0.2) is 10.3 Å². The van der Waals surface area contributed by atoms with Crippen molar-refractivity contribution in [1.82, 2.24) is 0 Å². The highest BCUT2D eigenvalue weighted by Crippen LogP contribution is 2.68. The maximum Gasteiger partial charge on any atom is 0.00294 e. The van der Waals surface area contributed by atoms with E-state index in [0.29, 0.717) is 5.66 Å². The molecule has 0 spiro atoms. The van der Waals surface area contributed by atoms with Crippen molar-refractivity contribution >= 4 is 31.8 Å². The first-order valence-corrected chi connectivity index (χ1v) is 14.1. The Bertz CT molecular complexity index is 925. The number of benzene rings is 3. The standard InChI is InChI=1S/C29H38P2/c1-22-19-20-26(23(2)31(28(3,4)5)29(6,7)8)27(21-22)30(24-15-11-9-12-16-24)25-17-13-10-14-18-25/h9-21,23H,1-8H3/t23-/m0/s1. The van der Waals surface area contributed by atoms with Crippen molar-refractivity contribution in [2.75, 3.05) is 0 Å². The number of aryl methyl sites for hydroxylation is 1. The van der Waals surface area contributed by atoms with E-state index in [9.17, 15) is 0 Å². The fourth-order valence-corrected chi connectivity index (χ4v) is 12.7. The molecule has 0 fully saturated rings. The van der Waals surface area contributed by atoms with E-state index in [1.165, 1.54) is 21.5 Å². The van der Waals surface area contributed by atoms with Gasteiger partial charge in [-0.2, -0.15) is 0 Å². The van der Waals surface area contributed by atoms with Crippen LogP contribution in [0, 0.1) is 6.92 Å². The predicted molar refractivity (Wildman–Crippen MR) is 145 cm³/mol. The number of rotatable bonds is 5. The lowest BCUT2D eigenvalue weighted by atomic mass is 10.1. The summed E-state index contributed by atoms with van der Waals surface area (Å²) in [6.45, 7) is 19.3. The monoisotopic (exact) mass is 448 g/mol. The molecule has 0 radical (unpaired) electrons. The molecule has 0 aliphatic rings. The molecule has 0 unspecified atom stereocenters. The predicted octanol–water partition coefficient (Wildman–Crippen LogP) is 7.89. The Morgan fingerprint density at radius 3 is 1.52 bits per heavy atom. The van der Waals surface area contributed by atoms with E-state index in [1.807, 2.05) is 0 Å². The molecule has 0 saturated carbocycles. The second-order valence-electron chi connectivity index (χ2n) is 10.5. The van der Waals surface area contributed by atoms with Crippen molar-refractivity contribution in [2.45, 2.75) is 71.4 Å². The van der Waals surface area contributed by atoms with Gasteiger partial charge in [-0.25, -0.2) is 0 Å². The molecule has 0 bridgehead atoms. The Morgan fingerprint density at radius 1 is 0.645 bits per heavy atom. The molecule has 164 valence electrons. The van der Waals surface area contributed by atoms with Crippen LogP contribution in [0.25, 0.3) is 0 Å². The summed E-state index contributed by atoms with van der Waals surface area (Å²) in [5.41, 5.74) is 3.42. The van der Waals surface area contributed by atoms with Crippen LogP contribution < -0.4 is 15.9 Å². The summed E-state index contributed by atoms with van der Waals surface area (Å²) in [7, 11) is -0.860. The summed E-state index contributed by atoms with van der Waals surface area (Å²) < 4.78 is 0. The van der Waals surface area contributed by atoms with E-state index >= 15 is 0 Å². The minimum absolute atomic E-state index is 0.258. The maximum atomic E-state index is 2.49. The molecule has 0 heterocycles. The van der Waals surface area contributed by atoms with Gasteiger partial charge in [0.15, 0.2) is 0 Å². The van der Waals surface area contributed by atoms with Gasteiger partial charge in [-0.3, -0.25) is 0 Å². The fraction of sp³-hybridized carbons (Fsp3) is 0.379. The van der Waals surface area contributed by atoms with Crippen LogP contribution in [0.5, 0.6) is 0 Å². The van der Waals surface area contributed by atoms with Crippen LogP contribution in [0.3, 0.4) is 0 Å². The molecule has 3 aromatic rings. The molecule has 0 aliphatic carbocycles. The first-order valence-electron chi connectivity index (χ1n) is 11.3. The van der Waals surface area contributed by atoms with Crippen molar-refractivity contribution in [3.05, 3.63) is 90.0 Å². The Morgan fingerprint density at radius 2 is 1.10 bits per heavy atom. The first kappa shape index (κ1) is 24.2. The van der Waals surface area contributed by atoms with Crippen LogP contribution in [0.2, 0.25) is 0 Å². The minimum Gasteiger partial charge on any atom is -0.0882 e. The summed E-state index contributed by atoms with van der Waals surface area (Å²) in [6.07, 6.45) is 0. The SMILES string of the molecule is Cc1ccc([C@H](C)P(C(C)(C)C)C(C)(C)C)c(P(c2ccccc2)c2ccccc2)c1. The lowest BCUT2D eigenvalue weighted by Crippen LogP contribution is -2.30. The Kier molecular flexibility index (Phi) is 7.46. The van der Waals surface area contributed by atoms with Gasteiger partial charge in [0.2, 0.25) is 0 Å². The number of hydrogen-bond acceptors (Lipinski definition) is 0. The van der Waals surface area contributed by atoms with Gasteiger partial charge in [0.1, 0.15) is 0 Å². The Balaban J connectivity index is 2.24. The molecule has 3 aromatic carbocycles. The van der Waals surface area contributed by atoms with Crippen molar-refractivity contribution in [1.29, 1.82) is 0 Å². The van der Waals surface area contributed by atoms with Gasteiger partial charge >= 0.3 is 0 Å². The topological polar surface area (TPSA) is 0 Å². The van der Waals surface area contributed by atoms with E-state index in [1.54, 1.807) is 5.56 Å². The molecular formula is C29H38P2. The number of hydrogen-bond donors (Lipinski definition) is 0. The van der Waals surface area contributed by atoms with Gasteiger partial charge in [-0.1, -0.05) is 141 Å². The third kappa shape index (κ3) is 5.66. The van der Waals surface area contributed by atoms with Gasteiger partial charge < -0.3 is 0 Å². The Labute approximate surface area is 193 Å². The quantitative estimate of drug-likeness (QED) is 0.348. The van der Waals surface area contributed by atoms with Crippen LogP contribution in [-0.2, 0) is 0 Å². The van der Waals surface area contributed by atoms with Crippen LogP contribution in [0.4, 0.5) is 0 Å². The fourth-order valence-electron chi connectivity index (χ4n) is 5.09. The first-order chi connectivity index (χ1) is 14.5. The molecule has 3 rings (SSSR count). The smallest absolute Gasteiger partial charge is 0.00294 e. The van der Waals surface area contributed by atoms with Crippen LogP contribution in [0.15, 0.2) is 78.9 Å². The zero-order chi connectivity index (χ0) is 22.8. The molecule has 1 atom stereocenters. The molecule has 0 amide bonds. The van der Waals surface area contributed by atoms with Crippen molar-refractivity contribution in [3.8, 4) is 0 Å². The average Bonchev–Trinajstić information content (AvgIpc) is 2.68. The van der Waals surface area contributed by atoms with Crippen molar-refractivity contribution < 1.29 is 0 Å². The Hall–Kier alpha value is -1.48. The van der Waals surface area contributed by atoms with E-state index in [4.69, 9.17) is 0 Å². The zero-order valence-electron chi connectivity index (χ0n) is 20.5. The molecule has 31 heavy (non-hydrogen) atoms. The zero-order valence-corrected chi connectivity index (χ0v) is 22.3. The van der Waals surface area contributed by atoms with Crippen LogP contribution >= 0.6 is 15.8 Å². The molecular weight excluding hydrogens is 410 g/mol. The van der Waals surface area contributed by atoms with E-state index in [0.717, 1.165) is 0 Å². The minimum atomic E-state index is -0.602. The molecule has 0 nitrogen and oxygen atoms in total. The molecule has 0 saturated heterocycles. The third-order valence-electron chi connectivity index (χ3n) is 5.74. The lowest BCUT2D eigenvalue weighted by molar-refractivity contribution is 0.690. The van der Waals surface area contributed by atoms with Crippen LogP contribution in [0.1, 0.15) is 65.3 Å². The third-order valence-corrected chi connectivity index (χ3v) is 12.2. The summed E-state index contributed by atoms with van der Waals surface area (Å²) in [4.78, 5) is 0. The van der Waals surface area contributed by atoms with E-state index < -0.39 is 7.92 Å². The molecule has 2 heteroatoms. The molecule has 0 N–H and O–H groups in total. The van der Waals surface area contributed by atoms with Gasteiger partial charge in [0.25, 0.3) is 0 Å². The second-order valence-corrected chi connectivity index (χ2v) is 16.8. The second kappa shape index (κ2) is 9.57. The summed E-state index contributed by atoms with van der Waals surface area (Å²) >= 11 is 0. The summed E-state index contributed by atoms with van der Waals surface area (Å²) in [6, 6.07) is 29.5. The molecule has 0 aliphatic heterocycles. The van der Waals surface area contributed by atoms with Gasteiger partial charge in [-0.05, 0) is 46.6 Å². The van der Waals surface area contributed by atoms with Crippen molar-refractivity contribution in [3.63, 3.8) is 0 Å². The van der Waals surface area contributed by atoms with E-state index in [2.05, 4.69) is 134 Å². The normalized spacial score (nSPS) is 13.6. The summed E-state index contributed by atoms with van der Waals surface area (Å²) in [5, 5.41) is 4.97. The lowest BCUT2D eigenvalue weighted by Gasteiger charge is -2.46. The highest BCUT2D eigenvalue weighted by Gasteiger charge is 2.39. The highest BCUT2D eigenvalue weighted by molar-refractivity contribution is 7.80. The van der Waals surface area contributed by atoms with Gasteiger partial charge in [-0.15, -0.1) is 0 Å². The van der Waals surface area contributed by atoms with Gasteiger partial charge in [0, 0.05) is 5.66 Å². The average molecular weight is 449 g/mol. The molecule has 0 aromatic heterocycles. The highest BCUT2D eigenvalue weighted by atomic mass is 31.1. The summed E-state index contributed by atoms with van der Waals surface area (Å²) in [5.74, 6) is 0. The maximum absolute atomic E-state index is 2.49. The van der Waals surface area contributed by atoms with Gasteiger partial charge in [0.05, 0.1) is 0 Å².